The summed E-state index contributed by atoms with van der Waals surface area (Å²) in [5.41, 5.74) is 27.3. The van der Waals surface area contributed by atoms with Crippen LogP contribution >= 0.6 is 0 Å². The molecule has 11 aromatic carbocycles. The van der Waals surface area contributed by atoms with Crippen LogP contribution in [0.2, 0.25) is 0 Å². The Morgan fingerprint density at radius 1 is 0.282 bits per heavy atom. The highest BCUT2D eigenvalue weighted by molar-refractivity contribution is 6.12. The molecule has 370 valence electrons. The molecule has 2 heteroatoms. The van der Waals surface area contributed by atoms with Gasteiger partial charge in [0, 0.05) is 43.7 Å². The Hall–Kier alpha value is -9.50. The van der Waals surface area contributed by atoms with Gasteiger partial charge in [0.15, 0.2) is 0 Å². The minimum absolute atomic E-state index is 0.205. The van der Waals surface area contributed by atoms with Gasteiger partial charge in [-0.15, -0.1) is 0 Å². The second-order valence-electron chi connectivity index (χ2n) is 22.5. The van der Waals surface area contributed by atoms with E-state index in [1.807, 2.05) is 0 Å². The molecule has 0 atom stereocenters. The number of benzene rings is 11. The number of aromatic nitrogens is 2. The Bertz CT molecular complexity index is 4320. The van der Waals surface area contributed by atoms with Crippen molar-refractivity contribution in [2.75, 3.05) is 0 Å². The standard InChI is InChI=1S/C76H56N2/c1-75(2)67-43-49(41-61(51-21-9-5-10-22-51)53-35-39-73-65(45-53)59-29-17-19-31-71(59)77(73)55-25-13-7-14-26-55)33-37-57(67)63-48-70-64(47-69(63)75)58-38-34-50(44-68(58)76(70,3)4)42-62(52-23-11-6-12-24-52)54-36-40-74-66(46-54)60-30-18-20-32-72(60)78(74)56-27-15-8-16-28-56/h5-48H,1-4H3. The first-order valence-electron chi connectivity index (χ1n) is 27.4. The van der Waals surface area contributed by atoms with Gasteiger partial charge in [0.05, 0.1) is 22.1 Å². The molecule has 0 N–H and O–H groups in total. The summed E-state index contributed by atoms with van der Waals surface area (Å²) in [5.74, 6) is 0. The van der Waals surface area contributed by atoms with Gasteiger partial charge in [0.2, 0.25) is 0 Å². The fourth-order valence-electron chi connectivity index (χ4n) is 13.4. The van der Waals surface area contributed by atoms with Gasteiger partial charge in [-0.25, -0.2) is 0 Å². The molecule has 0 radical (unpaired) electrons. The molecule has 2 aliphatic carbocycles. The smallest absolute Gasteiger partial charge is 0.0541 e. The molecule has 0 aliphatic heterocycles. The van der Waals surface area contributed by atoms with E-state index in [0.717, 1.165) is 0 Å². The van der Waals surface area contributed by atoms with Crippen LogP contribution in [0, 0.1) is 0 Å². The van der Waals surface area contributed by atoms with Crippen molar-refractivity contribution in [1.29, 1.82) is 0 Å². The minimum Gasteiger partial charge on any atom is -0.309 e. The first kappa shape index (κ1) is 45.9. The van der Waals surface area contributed by atoms with E-state index in [-0.39, 0.29) is 10.8 Å². The molecule has 2 aliphatic rings. The molecule has 78 heavy (non-hydrogen) atoms. The summed E-state index contributed by atoms with van der Waals surface area (Å²) in [4.78, 5) is 0. The zero-order chi connectivity index (χ0) is 52.3. The lowest BCUT2D eigenvalue weighted by molar-refractivity contribution is 0.652. The van der Waals surface area contributed by atoms with Gasteiger partial charge in [-0.3, -0.25) is 0 Å². The monoisotopic (exact) mass is 996 g/mol. The van der Waals surface area contributed by atoms with E-state index in [9.17, 15) is 0 Å². The molecule has 2 heterocycles. The third-order valence-corrected chi connectivity index (χ3v) is 17.3. The van der Waals surface area contributed by atoms with Crippen LogP contribution in [0.1, 0.15) is 83.3 Å². The molecule has 15 rings (SSSR count). The van der Waals surface area contributed by atoms with Gasteiger partial charge in [0.1, 0.15) is 0 Å². The Kier molecular flexibility index (Phi) is 10.3. The second kappa shape index (κ2) is 17.5. The summed E-state index contributed by atoms with van der Waals surface area (Å²) in [7, 11) is 0. The largest absolute Gasteiger partial charge is 0.309 e. The van der Waals surface area contributed by atoms with Crippen molar-refractivity contribution in [2.24, 2.45) is 0 Å². The maximum atomic E-state index is 2.54. The molecular weight excluding hydrogens is 941 g/mol. The van der Waals surface area contributed by atoms with E-state index in [4.69, 9.17) is 0 Å². The lowest BCUT2D eigenvalue weighted by atomic mass is 9.79. The summed E-state index contributed by atoms with van der Waals surface area (Å²) in [6, 6.07) is 94.3. The predicted molar refractivity (Wildman–Crippen MR) is 330 cm³/mol. The second-order valence-corrected chi connectivity index (χ2v) is 22.5. The molecule has 0 unspecified atom stereocenters. The lowest BCUT2D eigenvalue weighted by Crippen LogP contribution is -2.17. The van der Waals surface area contributed by atoms with Crippen LogP contribution in [-0.4, -0.2) is 9.13 Å². The molecular formula is C76H56N2. The predicted octanol–water partition coefficient (Wildman–Crippen LogP) is 19.7. The first-order chi connectivity index (χ1) is 38.2. The third-order valence-electron chi connectivity index (χ3n) is 17.3. The number of hydrogen-bond donors (Lipinski definition) is 0. The summed E-state index contributed by atoms with van der Waals surface area (Å²) in [5, 5.41) is 5.01. The van der Waals surface area contributed by atoms with E-state index < -0.39 is 0 Å². The third kappa shape index (κ3) is 7.10. The zero-order valence-corrected chi connectivity index (χ0v) is 44.3. The zero-order valence-electron chi connectivity index (χ0n) is 44.3. The Labute approximate surface area is 456 Å². The van der Waals surface area contributed by atoms with Crippen molar-refractivity contribution in [1.82, 2.24) is 9.13 Å². The van der Waals surface area contributed by atoms with Gasteiger partial charge in [-0.1, -0.05) is 210 Å². The maximum absolute atomic E-state index is 2.54. The van der Waals surface area contributed by atoms with Crippen LogP contribution in [0.25, 0.3) is 101 Å². The van der Waals surface area contributed by atoms with Crippen molar-refractivity contribution in [3.63, 3.8) is 0 Å². The fraction of sp³-hybridized carbons (Fsp3) is 0.0789. The molecule has 2 nitrogen and oxygen atoms in total. The Balaban J connectivity index is 0.800. The van der Waals surface area contributed by atoms with Crippen LogP contribution in [0.4, 0.5) is 0 Å². The summed E-state index contributed by atoms with van der Waals surface area (Å²) in [6.07, 6.45) is 4.81. The summed E-state index contributed by atoms with van der Waals surface area (Å²) in [6.45, 7) is 9.68. The number of nitrogens with zero attached hydrogens (tertiary/aromatic N) is 2. The molecule has 0 saturated carbocycles. The van der Waals surface area contributed by atoms with Gasteiger partial charge in [0.25, 0.3) is 0 Å². The van der Waals surface area contributed by atoms with E-state index in [0.29, 0.717) is 0 Å². The van der Waals surface area contributed by atoms with E-state index in [2.05, 4.69) is 304 Å². The first-order valence-corrected chi connectivity index (χ1v) is 27.4. The highest BCUT2D eigenvalue weighted by Gasteiger charge is 2.42. The topological polar surface area (TPSA) is 9.86 Å². The molecule has 2 aromatic heterocycles. The number of fused-ring (bicyclic) bond motifs is 12. The Morgan fingerprint density at radius 2 is 0.628 bits per heavy atom. The van der Waals surface area contributed by atoms with Gasteiger partial charge in [-0.2, -0.15) is 0 Å². The van der Waals surface area contributed by atoms with E-state index in [1.54, 1.807) is 0 Å². The normalized spacial score (nSPS) is 14.3. The van der Waals surface area contributed by atoms with Crippen LogP contribution in [0.5, 0.6) is 0 Å². The van der Waals surface area contributed by atoms with Crippen molar-refractivity contribution in [2.45, 2.75) is 38.5 Å². The van der Waals surface area contributed by atoms with Crippen molar-refractivity contribution < 1.29 is 0 Å². The van der Waals surface area contributed by atoms with Crippen molar-refractivity contribution in [3.8, 4) is 33.6 Å². The average molecular weight is 997 g/mol. The maximum Gasteiger partial charge on any atom is 0.0541 e. The van der Waals surface area contributed by atoms with Crippen LogP contribution < -0.4 is 0 Å². The summed E-state index contributed by atoms with van der Waals surface area (Å²) < 4.78 is 4.78. The quantitative estimate of drug-likeness (QED) is 0.134. The van der Waals surface area contributed by atoms with E-state index >= 15 is 0 Å². The molecule has 0 amide bonds. The molecule has 0 fully saturated rings. The van der Waals surface area contributed by atoms with Gasteiger partial charge >= 0.3 is 0 Å². The van der Waals surface area contributed by atoms with Crippen molar-refractivity contribution >= 4 is 66.9 Å². The molecule has 0 bridgehead atoms. The van der Waals surface area contributed by atoms with E-state index in [1.165, 1.54) is 144 Å². The molecule has 0 saturated heterocycles. The van der Waals surface area contributed by atoms with Crippen LogP contribution in [0.15, 0.2) is 255 Å². The highest BCUT2D eigenvalue weighted by atomic mass is 15.0. The highest BCUT2D eigenvalue weighted by Crippen LogP contribution is 2.56. The SMILES string of the molecule is CC1(C)c2cc(C=C(c3ccccc3)c3ccc4c(c3)c3ccccc3n4-c3ccccc3)ccc2-c2cc3c(cc21)-c1ccc(C=C(c2ccccc2)c2ccc4c(c2)c2ccccc2n4-c2ccccc2)cc1C3(C)C. The van der Waals surface area contributed by atoms with Crippen molar-refractivity contribution in [3.05, 3.63) is 310 Å². The van der Waals surface area contributed by atoms with Crippen LogP contribution in [0.3, 0.4) is 0 Å². The number of rotatable bonds is 8. The number of para-hydroxylation sites is 4. The van der Waals surface area contributed by atoms with Crippen LogP contribution in [-0.2, 0) is 10.8 Å². The Morgan fingerprint density at radius 3 is 1.04 bits per heavy atom. The van der Waals surface area contributed by atoms with Gasteiger partial charge in [-0.05, 0) is 174 Å². The molecule has 13 aromatic rings. The average Bonchev–Trinajstić information content (AvgIpc) is 4.21. The van der Waals surface area contributed by atoms with Gasteiger partial charge < -0.3 is 9.13 Å². The summed E-state index contributed by atoms with van der Waals surface area (Å²) >= 11 is 0. The lowest BCUT2D eigenvalue weighted by Gasteiger charge is -2.24. The minimum atomic E-state index is -0.205. The molecule has 0 spiro atoms. The fourth-order valence-corrected chi connectivity index (χ4v) is 13.4. The number of hydrogen-bond acceptors (Lipinski definition) is 0.